The molecule has 4 nitrogen and oxygen atoms in total. The molecule has 1 aliphatic rings. The average molecular weight is 342 g/mol. The van der Waals surface area contributed by atoms with Crippen molar-refractivity contribution in [3.8, 4) is 0 Å². The van der Waals surface area contributed by atoms with Gasteiger partial charge in [-0.15, -0.1) is 0 Å². The van der Waals surface area contributed by atoms with E-state index in [1.165, 1.54) is 0 Å². The summed E-state index contributed by atoms with van der Waals surface area (Å²) in [4.78, 5) is 11.5. The first-order valence-electron chi connectivity index (χ1n) is 7.25. The summed E-state index contributed by atoms with van der Waals surface area (Å²) in [5, 5.41) is 9.68. The number of aliphatic hydroxyl groups is 1. The molecular weight excluding hydrogens is 318 g/mol. The van der Waals surface area contributed by atoms with E-state index in [0.717, 1.165) is 42.2 Å². The zero-order chi connectivity index (χ0) is 14.9. The van der Waals surface area contributed by atoms with Crippen LogP contribution in [0.4, 0.5) is 5.82 Å². The van der Waals surface area contributed by atoms with Crippen molar-refractivity contribution in [2.24, 2.45) is 5.92 Å². The number of hydrogen-bond donors (Lipinski definition) is 1. The number of nitrogens with zero attached hydrogens (tertiary/aromatic N) is 3. The molecule has 0 aliphatic carbocycles. The second kappa shape index (κ2) is 5.98. The number of aliphatic hydroxyl groups excluding tert-OH is 1. The minimum absolute atomic E-state index is 0.0591. The van der Waals surface area contributed by atoms with E-state index in [9.17, 15) is 5.11 Å². The molecule has 5 heteroatoms. The largest absolute Gasteiger partial charge is 0.393 e. The molecule has 0 saturated carbocycles. The fourth-order valence-corrected chi connectivity index (χ4v) is 2.89. The predicted molar refractivity (Wildman–Crippen MR) is 85.0 cm³/mol. The summed E-state index contributed by atoms with van der Waals surface area (Å²) in [5.41, 5.74) is -0.0591. The zero-order valence-electron chi connectivity index (χ0n) is 12.7. The lowest BCUT2D eigenvalue weighted by atomic mass is 9.92. The first-order chi connectivity index (χ1) is 9.27. The Morgan fingerprint density at radius 1 is 1.30 bits per heavy atom. The van der Waals surface area contributed by atoms with Crippen LogP contribution in [0.25, 0.3) is 0 Å². The van der Waals surface area contributed by atoms with Gasteiger partial charge in [-0.05, 0) is 41.6 Å². The number of rotatable bonds is 2. The molecule has 0 bridgehead atoms. The van der Waals surface area contributed by atoms with Crippen LogP contribution in [-0.4, -0.2) is 34.3 Å². The van der Waals surface area contributed by atoms with Crippen molar-refractivity contribution >= 4 is 21.7 Å². The zero-order valence-corrected chi connectivity index (χ0v) is 14.3. The molecule has 0 spiro atoms. The molecule has 112 valence electrons. The van der Waals surface area contributed by atoms with Gasteiger partial charge < -0.3 is 10.0 Å². The highest BCUT2D eigenvalue weighted by Crippen LogP contribution is 2.28. The average Bonchev–Trinajstić information content (AvgIpc) is 2.37. The smallest absolute Gasteiger partial charge is 0.137 e. The maximum Gasteiger partial charge on any atom is 0.137 e. The Balaban J connectivity index is 2.16. The first kappa shape index (κ1) is 15.7. The number of aromatic nitrogens is 2. The Hall–Kier alpha value is -0.680. The Morgan fingerprint density at radius 2 is 1.90 bits per heavy atom. The van der Waals surface area contributed by atoms with E-state index in [1.54, 1.807) is 0 Å². The van der Waals surface area contributed by atoms with Gasteiger partial charge in [-0.1, -0.05) is 20.8 Å². The molecule has 0 radical (unpaired) electrons. The van der Waals surface area contributed by atoms with Gasteiger partial charge in [-0.3, -0.25) is 0 Å². The molecule has 1 unspecified atom stereocenters. The number of piperidine rings is 1. The third-order valence-corrected chi connectivity index (χ3v) is 4.30. The molecule has 1 fully saturated rings. The monoisotopic (exact) mass is 341 g/mol. The third kappa shape index (κ3) is 3.70. The molecule has 1 aromatic rings. The normalized spacial score (nSPS) is 19.2. The van der Waals surface area contributed by atoms with Gasteiger partial charge in [-0.25, -0.2) is 9.97 Å². The Kier molecular flexibility index (Phi) is 4.69. The SMILES string of the molecule is CC(O)C1CCN(c2cc(Br)nc(C(C)(C)C)n2)CC1. The van der Waals surface area contributed by atoms with Crippen LogP contribution in [0.1, 0.15) is 46.4 Å². The fourth-order valence-electron chi connectivity index (χ4n) is 2.51. The highest BCUT2D eigenvalue weighted by Gasteiger charge is 2.25. The molecule has 0 aromatic carbocycles. The van der Waals surface area contributed by atoms with Gasteiger partial charge in [-0.2, -0.15) is 0 Å². The van der Waals surface area contributed by atoms with Crippen molar-refractivity contribution in [3.63, 3.8) is 0 Å². The molecule has 1 aromatic heterocycles. The van der Waals surface area contributed by atoms with Crippen LogP contribution in [0.5, 0.6) is 0 Å². The summed E-state index contributed by atoms with van der Waals surface area (Å²) in [5.74, 6) is 2.26. The Bertz CT molecular complexity index is 463. The second-order valence-corrected chi connectivity index (χ2v) is 7.50. The molecule has 1 saturated heterocycles. The van der Waals surface area contributed by atoms with Crippen LogP contribution >= 0.6 is 15.9 Å². The molecule has 1 atom stereocenters. The van der Waals surface area contributed by atoms with E-state index in [4.69, 9.17) is 4.98 Å². The van der Waals surface area contributed by atoms with Crippen molar-refractivity contribution in [1.29, 1.82) is 0 Å². The molecular formula is C15H24BrN3O. The molecule has 2 rings (SSSR count). The van der Waals surface area contributed by atoms with Crippen LogP contribution in [-0.2, 0) is 5.41 Å². The van der Waals surface area contributed by atoms with Gasteiger partial charge in [0.15, 0.2) is 0 Å². The van der Waals surface area contributed by atoms with E-state index in [2.05, 4.69) is 46.6 Å². The van der Waals surface area contributed by atoms with Crippen molar-refractivity contribution in [2.45, 2.75) is 52.1 Å². The van der Waals surface area contributed by atoms with E-state index >= 15 is 0 Å². The van der Waals surface area contributed by atoms with Crippen LogP contribution in [0.2, 0.25) is 0 Å². The number of hydrogen-bond acceptors (Lipinski definition) is 4. The minimum Gasteiger partial charge on any atom is -0.393 e. The Morgan fingerprint density at radius 3 is 2.40 bits per heavy atom. The molecule has 1 N–H and O–H groups in total. The summed E-state index contributed by atoms with van der Waals surface area (Å²) in [6, 6.07) is 1.98. The van der Waals surface area contributed by atoms with Crippen LogP contribution in [0, 0.1) is 5.92 Å². The summed E-state index contributed by atoms with van der Waals surface area (Å²) < 4.78 is 0.838. The lowest BCUT2D eigenvalue weighted by Crippen LogP contribution is -2.37. The van der Waals surface area contributed by atoms with E-state index < -0.39 is 0 Å². The molecule has 2 heterocycles. The van der Waals surface area contributed by atoms with Gasteiger partial charge in [0.25, 0.3) is 0 Å². The van der Waals surface area contributed by atoms with Crippen LogP contribution in [0.15, 0.2) is 10.7 Å². The van der Waals surface area contributed by atoms with Crippen molar-refractivity contribution in [1.82, 2.24) is 9.97 Å². The minimum atomic E-state index is -0.209. The van der Waals surface area contributed by atoms with Crippen LogP contribution in [0.3, 0.4) is 0 Å². The predicted octanol–water partition coefficient (Wildman–Crippen LogP) is 3.13. The van der Waals surface area contributed by atoms with Crippen molar-refractivity contribution < 1.29 is 5.11 Å². The summed E-state index contributed by atoms with van der Waals surface area (Å²) in [6.07, 6.45) is 1.83. The fraction of sp³-hybridized carbons (Fsp3) is 0.733. The lowest BCUT2D eigenvalue weighted by molar-refractivity contribution is 0.109. The van der Waals surface area contributed by atoms with Gasteiger partial charge >= 0.3 is 0 Å². The highest BCUT2D eigenvalue weighted by molar-refractivity contribution is 9.10. The van der Waals surface area contributed by atoms with Crippen molar-refractivity contribution in [2.75, 3.05) is 18.0 Å². The van der Waals surface area contributed by atoms with Crippen LogP contribution < -0.4 is 4.90 Å². The summed E-state index contributed by atoms with van der Waals surface area (Å²) in [6.45, 7) is 10.2. The van der Waals surface area contributed by atoms with Gasteiger partial charge in [0, 0.05) is 24.6 Å². The van der Waals surface area contributed by atoms with Gasteiger partial charge in [0.05, 0.1) is 6.10 Å². The van der Waals surface area contributed by atoms with E-state index in [1.807, 2.05) is 13.0 Å². The quantitative estimate of drug-likeness (QED) is 0.839. The number of halogens is 1. The standard InChI is InChI=1S/C15H24BrN3O/c1-10(20)11-5-7-19(8-6-11)13-9-12(16)17-14(18-13)15(2,3)4/h9-11,20H,5-8H2,1-4H3. The number of anilines is 1. The van der Waals surface area contributed by atoms with Gasteiger partial charge in [0.2, 0.25) is 0 Å². The highest BCUT2D eigenvalue weighted by atomic mass is 79.9. The molecule has 1 aliphatic heterocycles. The molecule has 0 amide bonds. The summed E-state index contributed by atoms with van der Waals surface area (Å²) in [7, 11) is 0. The Labute approximate surface area is 129 Å². The maximum absolute atomic E-state index is 9.68. The van der Waals surface area contributed by atoms with Crippen molar-refractivity contribution in [3.05, 3.63) is 16.5 Å². The van der Waals surface area contributed by atoms with Gasteiger partial charge in [0.1, 0.15) is 16.2 Å². The lowest BCUT2D eigenvalue weighted by Gasteiger charge is -2.34. The second-order valence-electron chi connectivity index (χ2n) is 6.69. The summed E-state index contributed by atoms with van der Waals surface area (Å²) >= 11 is 3.49. The third-order valence-electron chi connectivity index (χ3n) is 3.90. The van der Waals surface area contributed by atoms with E-state index in [0.29, 0.717) is 5.92 Å². The topological polar surface area (TPSA) is 49.2 Å². The molecule has 20 heavy (non-hydrogen) atoms. The first-order valence-corrected chi connectivity index (χ1v) is 8.05. The van der Waals surface area contributed by atoms with E-state index in [-0.39, 0.29) is 11.5 Å². The maximum atomic E-state index is 9.68.